The maximum Gasteiger partial charge on any atom is 0.262 e. The molecule has 1 amide bonds. The van der Waals surface area contributed by atoms with Crippen molar-refractivity contribution in [3.8, 4) is 0 Å². The van der Waals surface area contributed by atoms with Gasteiger partial charge in [-0.05, 0) is 56.4 Å². The molecule has 2 aromatic heterocycles. The molecule has 138 valence electrons. The summed E-state index contributed by atoms with van der Waals surface area (Å²) in [4.78, 5) is 34.8. The van der Waals surface area contributed by atoms with Crippen LogP contribution in [0.25, 0.3) is 10.2 Å². The molecule has 6 heteroatoms. The number of nitrogens with zero attached hydrogens (tertiary/aromatic N) is 3. The Hall–Kier alpha value is -1.69. The first kappa shape index (κ1) is 16.5. The topological polar surface area (TPSA) is 55.2 Å². The van der Waals surface area contributed by atoms with Gasteiger partial charge >= 0.3 is 0 Å². The zero-order chi connectivity index (χ0) is 17.7. The maximum atomic E-state index is 13.0. The summed E-state index contributed by atoms with van der Waals surface area (Å²) < 4.78 is 1.54. The van der Waals surface area contributed by atoms with E-state index < -0.39 is 0 Å². The Balaban J connectivity index is 1.43. The molecule has 2 fully saturated rings. The molecule has 3 aliphatic rings. The van der Waals surface area contributed by atoms with E-state index in [-0.39, 0.29) is 18.0 Å². The summed E-state index contributed by atoms with van der Waals surface area (Å²) in [5.74, 6) is 0.760. The quantitative estimate of drug-likeness (QED) is 0.815. The number of carbonyl (C=O) groups excluding carboxylic acids is 1. The summed E-state index contributed by atoms with van der Waals surface area (Å²) in [5.41, 5.74) is 1.16. The van der Waals surface area contributed by atoms with Gasteiger partial charge in [0.2, 0.25) is 5.91 Å². The zero-order valence-corrected chi connectivity index (χ0v) is 15.9. The molecule has 1 aliphatic heterocycles. The fraction of sp³-hybridized carbons (Fsp3) is 0.650. The van der Waals surface area contributed by atoms with Crippen molar-refractivity contribution in [2.45, 2.75) is 70.4 Å². The third kappa shape index (κ3) is 2.61. The van der Waals surface area contributed by atoms with Crippen molar-refractivity contribution < 1.29 is 4.79 Å². The van der Waals surface area contributed by atoms with Crippen molar-refractivity contribution in [2.75, 3.05) is 6.54 Å². The lowest BCUT2D eigenvalue weighted by Crippen LogP contribution is -2.51. The van der Waals surface area contributed by atoms with Gasteiger partial charge in [0.1, 0.15) is 11.4 Å². The normalized spacial score (nSPS) is 25.3. The largest absolute Gasteiger partial charge is 0.338 e. The van der Waals surface area contributed by atoms with Crippen molar-refractivity contribution in [1.82, 2.24) is 14.5 Å². The molecule has 26 heavy (non-hydrogen) atoms. The first-order valence-corrected chi connectivity index (χ1v) is 10.8. The van der Waals surface area contributed by atoms with Crippen LogP contribution in [0.15, 0.2) is 11.1 Å². The van der Waals surface area contributed by atoms with E-state index in [1.54, 1.807) is 22.2 Å². The lowest BCUT2D eigenvalue weighted by atomic mass is 9.78. The predicted octanol–water partition coefficient (Wildman–Crippen LogP) is 3.13. The Labute approximate surface area is 157 Å². The van der Waals surface area contributed by atoms with Crippen LogP contribution >= 0.6 is 11.3 Å². The molecule has 2 aliphatic carbocycles. The van der Waals surface area contributed by atoms with Crippen LogP contribution in [0.2, 0.25) is 0 Å². The molecule has 0 aromatic carbocycles. The number of amides is 1. The van der Waals surface area contributed by atoms with Crippen LogP contribution < -0.4 is 5.56 Å². The molecule has 0 N–H and O–H groups in total. The van der Waals surface area contributed by atoms with Crippen LogP contribution in [0.4, 0.5) is 0 Å². The fourth-order valence-corrected chi connectivity index (χ4v) is 6.52. The van der Waals surface area contributed by atoms with Gasteiger partial charge in [0, 0.05) is 17.5 Å². The number of fused-ring (bicyclic) bond motifs is 4. The van der Waals surface area contributed by atoms with Crippen LogP contribution in [0, 0.1) is 5.92 Å². The molecule has 5 nitrogen and oxygen atoms in total. The highest BCUT2D eigenvalue weighted by molar-refractivity contribution is 7.18. The van der Waals surface area contributed by atoms with E-state index in [1.165, 1.54) is 36.1 Å². The zero-order valence-electron chi connectivity index (χ0n) is 15.1. The van der Waals surface area contributed by atoms with E-state index in [0.717, 1.165) is 48.9 Å². The van der Waals surface area contributed by atoms with Crippen LogP contribution in [0.3, 0.4) is 0 Å². The number of aromatic nitrogens is 2. The molecule has 0 spiro atoms. The van der Waals surface area contributed by atoms with Crippen molar-refractivity contribution in [1.29, 1.82) is 0 Å². The van der Waals surface area contributed by atoms with E-state index >= 15 is 0 Å². The van der Waals surface area contributed by atoms with Crippen LogP contribution in [0.5, 0.6) is 0 Å². The minimum atomic E-state index is -0.0278. The summed E-state index contributed by atoms with van der Waals surface area (Å²) in [6.07, 6.45) is 12.0. The fourth-order valence-electron chi connectivity index (χ4n) is 5.30. The molecule has 5 rings (SSSR count). The van der Waals surface area contributed by atoms with Crippen molar-refractivity contribution in [2.24, 2.45) is 5.92 Å². The van der Waals surface area contributed by atoms with Crippen LogP contribution in [-0.2, 0) is 24.2 Å². The van der Waals surface area contributed by atoms with Crippen LogP contribution in [0.1, 0.15) is 55.4 Å². The van der Waals surface area contributed by atoms with E-state index in [2.05, 4.69) is 9.88 Å². The van der Waals surface area contributed by atoms with E-state index in [0.29, 0.717) is 12.0 Å². The molecule has 0 unspecified atom stereocenters. The highest BCUT2D eigenvalue weighted by atomic mass is 32.1. The van der Waals surface area contributed by atoms with E-state index in [9.17, 15) is 9.59 Å². The second kappa shape index (κ2) is 6.48. The lowest BCUT2D eigenvalue weighted by Gasteiger charge is -2.44. The third-order valence-corrected chi connectivity index (χ3v) is 7.76. The third-order valence-electron chi connectivity index (χ3n) is 6.56. The maximum absolute atomic E-state index is 13.0. The summed E-state index contributed by atoms with van der Waals surface area (Å²) in [6.45, 7) is 0.980. The molecule has 2 atom stereocenters. The predicted molar refractivity (Wildman–Crippen MR) is 103 cm³/mol. The number of rotatable bonds is 2. The molecule has 0 radical (unpaired) electrons. The smallest absolute Gasteiger partial charge is 0.262 e. The Morgan fingerprint density at radius 2 is 2.00 bits per heavy atom. The number of hydrogen-bond acceptors (Lipinski definition) is 4. The van der Waals surface area contributed by atoms with E-state index in [1.807, 2.05) is 0 Å². The van der Waals surface area contributed by atoms with Crippen molar-refractivity contribution in [3.63, 3.8) is 0 Å². The highest BCUT2D eigenvalue weighted by Gasteiger charge is 2.35. The van der Waals surface area contributed by atoms with Crippen molar-refractivity contribution in [3.05, 3.63) is 27.1 Å². The molecule has 1 saturated heterocycles. The number of likely N-dealkylation sites (tertiary alicyclic amines) is 1. The van der Waals surface area contributed by atoms with Gasteiger partial charge in [0.25, 0.3) is 5.56 Å². The minimum Gasteiger partial charge on any atom is -0.338 e. The highest BCUT2D eigenvalue weighted by Crippen LogP contribution is 2.36. The summed E-state index contributed by atoms with van der Waals surface area (Å²) >= 11 is 1.65. The van der Waals surface area contributed by atoms with E-state index in [4.69, 9.17) is 0 Å². The van der Waals surface area contributed by atoms with Gasteiger partial charge in [-0.1, -0.05) is 12.8 Å². The van der Waals surface area contributed by atoms with Gasteiger partial charge in [-0.2, -0.15) is 0 Å². The van der Waals surface area contributed by atoms with Crippen LogP contribution in [-0.4, -0.2) is 32.9 Å². The SMILES string of the molecule is O=C(Cn1cnc2sc3c(c2c1=O)CCC3)N1CCC[C@@H]2CCCC[C@@H]21. The van der Waals surface area contributed by atoms with Gasteiger partial charge in [0.15, 0.2) is 0 Å². The summed E-state index contributed by atoms with van der Waals surface area (Å²) in [7, 11) is 0. The van der Waals surface area contributed by atoms with Gasteiger partial charge in [-0.25, -0.2) is 4.98 Å². The molecular weight excluding hydrogens is 346 g/mol. The Morgan fingerprint density at radius 3 is 2.92 bits per heavy atom. The molecule has 0 bridgehead atoms. The molecular formula is C20H25N3O2S. The minimum absolute atomic E-state index is 0.0278. The van der Waals surface area contributed by atoms with Gasteiger partial charge in [-0.15, -0.1) is 11.3 Å². The van der Waals surface area contributed by atoms with Gasteiger partial charge < -0.3 is 4.90 Å². The van der Waals surface area contributed by atoms with Gasteiger partial charge in [0.05, 0.1) is 11.7 Å². The Kier molecular flexibility index (Phi) is 4.11. The first-order chi connectivity index (χ1) is 12.7. The second-order valence-electron chi connectivity index (χ2n) is 8.06. The number of carbonyl (C=O) groups is 1. The molecule has 1 saturated carbocycles. The average molecular weight is 372 g/mol. The Morgan fingerprint density at radius 1 is 1.15 bits per heavy atom. The van der Waals surface area contributed by atoms with Gasteiger partial charge in [-0.3, -0.25) is 14.2 Å². The lowest BCUT2D eigenvalue weighted by molar-refractivity contribution is -0.138. The second-order valence-corrected chi connectivity index (χ2v) is 9.14. The monoisotopic (exact) mass is 371 g/mol. The molecule has 2 aromatic rings. The standard InChI is InChI=1S/C20H25N3O2S/c24-17(23-10-4-6-13-5-1-2-8-15(13)23)11-22-12-21-19-18(20(22)25)14-7-3-9-16(14)26-19/h12-13,15H,1-11H2/t13-,15-/m0/s1. The van der Waals surface area contributed by atoms with Crippen molar-refractivity contribution >= 4 is 27.5 Å². The number of piperidine rings is 1. The number of hydrogen-bond donors (Lipinski definition) is 0. The summed E-state index contributed by atoms with van der Waals surface area (Å²) in [6, 6.07) is 0.391. The first-order valence-electron chi connectivity index (χ1n) is 10.0. The summed E-state index contributed by atoms with van der Waals surface area (Å²) in [5, 5.41) is 0.770. The Bertz CT molecular complexity index is 914. The molecule has 3 heterocycles. The number of thiophene rings is 1. The number of aryl methyl sites for hydroxylation is 2. The average Bonchev–Trinajstić information content (AvgIpc) is 3.24.